The number of anilines is 1. The van der Waals surface area contributed by atoms with Gasteiger partial charge in [-0.05, 0) is 18.2 Å². The molecule has 0 aliphatic heterocycles. The van der Waals surface area contributed by atoms with Gasteiger partial charge in [0.05, 0.1) is 0 Å². The van der Waals surface area contributed by atoms with Crippen LogP contribution in [0.4, 0.5) is 5.82 Å². The predicted molar refractivity (Wildman–Crippen MR) is 98.7 cm³/mol. The molecule has 1 aromatic carbocycles. The van der Waals surface area contributed by atoms with Crippen molar-refractivity contribution in [3.8, 4) is 0 Å². The molecule has 0 saturated heterocycles. The minimum atomic E-state index is 0.249. The molecular formula is C14H12BrCl2N5S. The Kier molecular flexibility index (Phi) is 5.01. The normalized spacial score (nSPS) is 12.7. The summed E-state index contributed by atoms with van der Waals surface area (Å²) in [5.74, 6) is 0.363. The molecular weight excluding hydrogens is 421 g/mol. The highest BCUT2D eigenvalue weighted by Crippen LogP contribution is 2.34. The van der Waals surface area contributed by atoms with Gasteiger partial charge in [-0.15, -0.1) is 0 Å². The largest absolute Gasteiger partial charge is 0.382 e. The lowest BCUT2D eigenvalue weighted by molar-refractivity contribution is 0.649. The Morgan fingerprint density at radius 3 is 2.61 bits per heavy atom. The average molecular weight is 433 g/mol. The molecule has 2 N–H and O–H groups in total. The average Bonchev–Trinajstić information content (AvgIpc) is 2.77. The van der Waals surface area contributed by atoms with Crippen LogP contribution in [0.1, 0.15) is 6.92 Å². The van der Waals surface area contributed by atoms with Gasteiger partial charge in [-0.25, -0.2) is 15.0 Å². The summed E-state index contributed by atoms with van der Waals surface area (Å²) in [6, 6.07) is 5.38. The van der Waals surface area contributed by atoms with Crippen molar-refractivity contribution in [2.45, 2.75) is 28.3 Å². The number of nitrogens with two attached hydrogens (primary N) is 1. The highest BCUT2D eigenvalue weighted by Gasteiger charge is 2.17. The van der Waals surface area contributed by atoms with Crippen LogP contribution in [0, 0.1) is 0 Å². The van der Waals surface area contributed by atoms with Gasteiger partial charge in [-0.1, -0.05) is 57.8 Å². The Morgan fingerprint density at radius 1 is 1.26 bits per heavy atom. The highest BCUT2D eigenvalue weighted by atomic mass is 79.9. The second kappa shape index (κ2) is 6.84. The molecule has 0 bridgehead atoms. The van der Waals surface area contributed by atoms with E-state index >= 15 is 0 Å². The fourth-order valence-corrected chi connectivity index (χ4v) is 4.06. The Balaban J connectivity index is 2.10. The molecule has 0 spiro atoms. The number of alkyl halides is 1. The molecule has 2 aromatic heterocycles. The molecule has 0 saturated carbocycles. The minimum absolute atomic E-state index is 0.249. The molecule has 2 heterocycles. The van der Waals surface area contributed by atoms with Crippen molar-refractivity contribution in [2.24, 2.45) is 0 Å². The topological polar surface area (TPSA) is 69.6 Å². The summed E-state index contributed by atoms with van der Waals surface area (Å²) in [5, 5.41) is 1.92. The molecule has 5 nitrogen and oxygen atoms in total. The highest BCUT2D eigenvalue weighted by molar-refractivity contribution is 9.09. The molecule has 3 rings (SSSR count). The number of benzene rings is 1. The van der Waals surface area contributed by atoms with Gasteiger partial charge >= 0.3 is 0 Å². The smallest absolute Gasteiger partial charge is 0.175 e. The molecule has 0 aliphatic rings. The van der Waals surface area contributed by atoms with E-state index in [0.29, 0.717) is 33.6 Å². The van der Waals surface area contributed by atoms with Crippen LogP contribution >= 0.6 is 50.9 Å². The van der Waals surface area contributed by atoms with Crippen molar-refractivity contribution in [1.82, 2.24) is 19.5 Å². The van der Waals surface area contributed by atoms with E-state index in [1.165, 1.54) is 18.1 Å². The summed E-state index contributed by atoms with van der Waals surface area (Å²) in [6.45, 7) is 2.75. The summed E-state index contributed by atoms with van der Waals surface area (Å²) in [4.78, 5) is 14.1. The summed E-state index contributed by atoms with van der Waals surface area (Å²) in [6.07, 6.45) is 1.44. The number of hydrogen-bond acceptors (Lipinski definition) is 5. The SMILES string of the molecule is CC(Br)Cn1c(Sc2cc(Cl)cc(Cl)c2)nc2c(N)ncnc21. The first-order chi connectivity index (χ1) is 10.9. The lowest BCUT2D eigenvalue weighted by Crippen LogP contribution is -2.08. The monoisotopic (exact) mass is 431 g/mol. The number of nitrogen functional groups attached to an aromatic ring is 1. The Labute approximate surface area is 155 Å². The maximum absolute atomic E-state index is 6.07. The fraction of sp³-hybridized carbons (Fsp3) is 0.214. The van der Waals surface area contributed by atoms with E-state index in [4.69, 9.17) is 28.9 Å². The zero-order valence-corrected chi connectivity index (χ0v) is 15.9. The van der Waals surface area contributed by atoms with Crippen LogP contribution in [0.2, 0.25) is 10.0 Å². The number of rotatable bonds is 4. The molecule has 9 heteroatoms. The number of nitrogens with zero attached hydrogens (tertiary/aromatic N) is 4. The van der Waals surface area contributed by atoms with Crippen molar-refractivity contribution < 1.29 is 0 Å². The molecule has 120 valence electrons. The van der Waals surface area contributed by atoms with Gasteiger partial charge in [0.2, 0.25) is 0 Å². The summed E-state index contributed by atoms with van der Waals surface area (Å²) >= 11 is 17.2. The van der Waals surface area contributed by atoms with Crippen LogP contribution < -0.4 is 5.73 Å². The number of fused-ring (bicyclic) bond motifs is 1. The van der Waals surface area contributed by atoms with Gasteiger partial charge in [-0.3, -0.25) is 0 Å². The number of hydrogen-bond donors (Lipinski definition) is 1. The number of aromatic nitrogens is 4. The van der Waals surface area contributed by atoms with Crippen molar-refractivity contribution in [3.05, 3.63) is 34.6 Å². The van der Waals surface area contributed by atoms with Crippen molar-refractivity contribution >= 4 is 67.9 Å². The van der Waals surface area contributed by atoms with Gasteiger partial charge in [0.15, 0.2) is 22.1 Å². The standard InChI is InChI=1S/C14H12BrCl2N5S/c1-7(15)5-22-13-11(12(18)19-6-20-13)21-14(22)23-10-3-8(16)2-9(17)4-10/h2-4,6-7H,5H2,1H3,(H2,18,19,20). The fourth-order valence-electron chi connectivity index (χ4n) is 2.12. The van der Waals surface area contributed by atoms with E-state index in [1.54, 1.807) is 6.07 Å². The van der Waals surface area contributed by atoms with E-state index < -0.39 is 0 Å². The number of imidazole rings is 1. The Hall–Kier alpha value is -1.02. The second-order valence-electron chi connectivity index (χ2n) is 4.92. The minimum Gasteiger partial charge on any atom is -0.382 e. The molecule has 0 radical (unpaired) electrons. The molecule has 0 fully saturated rings. The Bertz CT molecular complexity index is 847. The van der Waals surface area contributed by atoms with E-state index in [-0.39, 0.29) is 4.83 Å². The zero-order chi connectivity index (χ0) is 16.6. The maximum atomic E-state index is 6.07. The Morgan fingerprint density at radius 2 is 1.96 bits per heavy atom. The third-order valence-corrected chi connectivity index (χ3v) is 4.70. The molecule has 0 amide bonds. The first-order valence-electron chi connectivity index (χ1n) is 6.69. The van der Waals surface area contributed by atoms with Gasteiger partial charge in [-0.2, -0.15) is 0 Å². The van der Waals surface area contributed by atoms with Crippen LogP contribution in [0.15, 0.2) is 34.6 Å². The zero-order valence-electron chi connectivity index (χ0n) is 12.0. The van der Waals surface area contributed by atoms with Crippen molar-refractivity contribution in [2.75, 3.05) is 5.73 Å². The molecule has 1 atom stereocenters. The summed E-state index contributed by atoms with van der Waals surface area (Å²) in [7, 11) is 0. The lowest BCUT2D eigenvalue weighted by Gasteiger charge is -2.10. The molecule has 23 heavy (non-hydrogen) atoms. The first-order valence-corrected chi connectivity index (χ1v) is 9.17. The van der Waals surface area contributed by atoms with Crippen molar-refractivity contribution in [3.63, 3.8) is 0 Å². The van der Waals surface area contributed by atoms with Gasteiger partial charge < -0.3 is 10.3 Å². The number of halogens is 3. The van der Waals surface area contributed by atoms with Crippen LogP contribution in [-0.4, -0.2) is 24.3 Å². The van der Waals surface area contributed by atoms with Gasteiger partial charge in [0.1, 0.15) is 6.33 Å². The van der Waals surface area contributed by atoms with E-state index in [2.05, 4.69) is 37.8 Å². The molecule has 3 aromatic rings. The van der Waals surface area contributed by atoms with Gasteiger partial charge in [0, 0.05) is 26.3 Å². The van der Waals surface area contributed by atoms with E-state index in [0.717, 1.165) is 10.1 Å². The summed E-state index contributed by atoms with van der Waals surface area (Å²) < 4.78 is 2.01. The summed E-state index contributed by atoms with van der Waals surface area (Å²) in [5.41, 5.74) is 7.22. The maximum Gasteiger partial charge on any atom is 0.175 e. The van der Waals surface area contributed by atoms with Crippen LogP contribution in [-0.2, 0) is 6.54 Å². The second-order valence-corrected chi connectivity index (χ2v) is 8.40. The first kappa shape index (κ1) is 16.8. The third-order valence-electron chi connectivity index (χ3n) is 3.00. The predicted octanol–water partition coefficient (Wildman–Crippen LogP) is 4.65. The lowest BCUT2D eigenvalue weighted by atomic mass is 10.4. The third kappa shape index (κ3) is 3.74. The van der Waals surface area contributed by atoms with Crippen molar-refractivity contribution in [1.29, 1.82) is 0 Å². The quantitative estimate of drug-likeness (QED) is 0.607. The molecule has 1 unspecified atom stereocenters. The van der Waals surface area contributed by atoms with E-state index in [9.17, 15) is 0 Å². The molecule has 0 aliphatic carbocycles. The van der Waals surface area contributed by atoms with E-state index in [1.807, 2.05) is 16.7 Å². The van der Waals surface area contributed by atoms with Crippen LogP contribution in [0.25, 0.3) is 11.2 Å². The van der Waals surface area contributed by atoms with Gasteiger partial charge in [0.25, 0.3) is 0 Å². The van der Waals surface area contributed by atoms with Crippen LogP contribution in [0.5, 0.6) is 0 Å². The van der Waals surface area contributed by atoms with Crippen LogP contribution in [0.3, 0.4) is 0 Å².